The average molecular weight is 345 g/mol. The number of nitrogens with one attached hydrogen (secondary N) is 1. The molecule has 25 heavy (non-hydrogen) atoms. The molecule has 1 aromatic rings. The lowest BCUT2D eigenvalue weighted by Gasteiger charge is -2.31. The second-order valence-corrected chi connectivity index (χ2v) is 6.73. The Labute approximate surface area is 149 Å². The molecule has 2 aliphatic rings. The number of benzene rings is 1. The van der Waals surface area contributed by atoms with Gasteiger partial charge in [0.25, 0.3) is 5.91 Å². The number of rotatable bonds is 8. The molecule has 1 aromatic carbocycles. The standard InChI is InChI=1S/C20H27NO4/c22-11-4-5-12-24-19-14-16(15-7-2-1-3-8-15)13-18(25-19)20(23)21-17-9-6-10-17/h1-3,7-8,13,16-17,19,22H,4-6,9-12,14H2,(H,21,23)/t16-,19+/m1/s1. The number of ether oxygens (including phenoxy) is 2. The Morgan fingerprint density at radius 2 is 2.04 bits per heavy atom. The van der Waals surface area contributed by atoms with Crippen molar-refractivity contribution in [2.45, 2.75) is 56.8 Å². The molecule has 3 rings (SSSR count). The first-order valence-electron chi connectivity index (χ1n) is 9.23. The second-order valence-electron chi connectivity index (χ2n) is 6.73. The van der Waals surface area contributed by atoms with E-state index in [1.54, 1.807) is 0 Å². The minimum atomic E-state index is -0.434. The summed E-state index contributed by atoms with van der Waals surface area (Å²) in [5.74, 6) is 0.313. The number of hydrogen-bond acceptors (Lipinski definition) is 4. The Balaban J connectivity index is 1.67. The van der Waals surface area contributed by atoms with Crippen molar-refractivity contribution in [3.63, 3.8) is 0 Å². The number of hydrogen-bond donors (Lipinski definition) is 2. The molecule has 5 heteroatoms. The van der Waals surface area contributed by atoms with Crippen LogP contribution in [0.25, 0.3) is 0 Å². The van der Waals surface area contributed by atoms with Gasteiger partial charge in [-0.05, 0) is 43.7 Å². The summed E-state index contributed by atoms with van der Waals surface area (Å²) < 4.78 is 11.6. The molecule has 1 aliphatic carbocycles. The monoisotopic (exact) mass is 345 g/mol. The van der Waals surface area contributed by atoms with Crippen molar-refractivity contribution < 1.29 is 19.4 Å². The van der Waals surface area contributed by atoms with Crippen LogP contribution in [-0.2, 0) is 14.3 Å². The molecule has 1 heterocycles. The summed E-state index contributed by atoms with van der Waals surface area (Å²) in [5, 5.41) is 11.9. The normalized spacial score (nSPS) is 23.3. The van der Waals surface area contributed by atoms with Crippen LogP contribution in [0.5, 0.6) is 0 Å². The van der Waals surface area contributed by atoms with Crippen LogP contribution in [0, 0.1) is 0 Å². The number of carbonyl (C=O) groups excluding carboxylic acids is 1. The number of amides is 1. The third kappa shape index (κ3) is 5.06. The van der Waals surface area contributed by atoms with E-state index < -0.39 is 6.29 Å². The number of aliphatic hydroxyl groups is 1. The fourth-order valence-electron chi connectivity index (χ4n) is 3.09. The van der Waals surface area contributed by atoms with E-state index in [1.807, 2.05) is 24.3 Å². The van der Waals surface area contributed by atoms with Crippen molar-refractivity contribution in [3.05, 3.63) is 47.7 Å². The van der Waals surface area contributed by atoms with Gasteiger partial charge in [-0.3, -0.25) is 4.79 Å². The molecule has 5 nitrogen and oxygen atoms in total. The molecule has 0 aromatic heterocycles. The van der Waals surface area contributed by atoms with E-state index in [0.29, 0.717) is 25.2 Å². The summed E-state index contributed by atoms with van der Waals surface area (Å²) >= 11 is 0. The van der Waals surface area contributed by atoms with Crippen molar-refractivity contribution in [1.82, 2.24) is 5.32 Å². The molecule has 2 N–H and O–H groups in total. The molecule has 1 saturated carbocycles. The van der Waals surface area contributed by atoms with Gasteiger partial charge in [-0.2, -0.15) is 0 Å². The fourth-order valence-corrected chi connectivity index (χ4v) is 3.09. The molecule has 1 fully saturated rings. The van der Waals surface area contributed by atoms with Gasteiger partial charge >= 0.3 is 0 Å². The molecule has 2 atom stereocenters. The number of carbonyl (C=O) groups is 1. The van der Waals surface area contributed by atoms with Crippen LogP contribution in [-0.4, -0.2) is 36.6 Å². The third-order valence-corrected chi connectivity index (χ3v) is 4.81. The molecular weight excluding hydrogens is 318 g/mol. The summed E-state index contributed by atoms with van der Waals surface area (Å²) in [4.78, 5) is 12.5. The van der Waals surface area contributed by atoms with Crippen molar-refractivity contribution >= 4 is 5.91 Å². The van der Waals surface area contributed by atoms with Crippen LogP contribution in [0.2, 0.25) is 0 Å². The third-order valence-electron chi connectivity index (χ3n) is 4.81. The maximum atomic E-state index is 12.5. The zero-order valence-electron chi connectivity index (χ0n) is 14.5. The Bertz CT molecular complexity index is 583. The van der Waals surface area contributed by atoms with E-state index >= 15 is 0 Å². The topological polar surface area (TPSA) is 67.8 Å². The largest absolute Gasteiger partial charge is 0.459 e. The van der Waals surface area contributed by atoms with Gasteiger partial charge in [-0.1, -0.05) is 30.3 Å². The first kappa shape index (κ1) is 18.0. The summed E-state index contributed by atoms with van der Waals surface area (Å²) in [5.41, 5.74) is 1.16. The average Bonchev–Trinajstić information content (AvgIpc) is 2.62. The van der Waals surface area contributed by atoms with Gasteiger partial charge in [0.15, 0.2) is 5.76 Å². The van der Waals surface area contributed by atoms with Crippen LogP contribution in [0.15, 0.2) is 42.2 Å². The van der Waals surface area contributed by atoms with E-state index in [2.05, 4.69) is 17.4 Å². The van der Waals surface area contributed by atoms with Crippen LogP contribution in [0.4, 0.5) is 0 Å². The Morgan fingerprint density at radius 1 is 1.24 bits per heavy atom. The van der Waals surface area contributed by atoms with E-state index in [-0.39, 0.29) is 24.5 Å². The van der Waals surface area contributed by atoms with Crippen LogP contribution >= 0.6 is 0 Å². The zero-order valence-corrected chi connectivity index (χ0v) is 14.5. The zero-order chi connectivity index (χ0) is 17.5. The number of allylic oxidation sites excluding steroid dienone is 1. The summed E-state index contributed by atoms with van der Waals surface area (Å²) in [6.45, 7) is 0.681. The molecule has 0 bridgehead atoms. The van der Waals surface area contributed by atoms with E-state index in [9.17, 15) is 4.79 Å². The minimum Gasteiger partial charge on any atom is -0.459 e. The molecule has 0 radical (unpaired) electrons. The van der Waals surface area contributed by atoms with Crippen molar-refractivity contribution in [2.75, 3.05) is 13.2 Å². The van der Waals surface area contributed by atoms with E-state index in [0.717, 1.165) is 24.8 Å². The predicted octanol–water partition coefficient (Wildman–Crippen LogP) is 2.86. The number of unbranched alkanes of at least 4 members (excludes halogenated alkanes) is 1. The second kappa shape index (κ2) is 9.02. The maximum Gasteiger partial charge on any atom is 0.286 e. The van der Waals surface area contributed by atoms with Crippen LogP contribution < -0.4 is 5.32 Å². The van der Waals surface area contributed by atoms with Gasteiger partial charge in [-0.15, -0.1) is 0 Å². The van der Waals surface area contributed by atoms with Gasteiger partial charge in [-0.25, -0.2) is 0 Å². The molecule has 1 amide bonds. The number of aliphatic hydroxyl groups excluding tert-OH is 1. The highest BCUT2D eigenvalue weighted by Gasteiger charge is 2.30. The first-order chi connectivity index (χ1) is 12.3. The fraction of sp³-hybridized carbons (Fsp3) is 0.550. The maximum absolute atomic E-state index is 12.5. The van der Waals surface area contributed by atoms with Gasteiger partial charge in [0, 0.05) is 25.0 Å². The van der Waals surface area contributed by atoms with Gasteiger partial charge < -0.3 is 19.9 Å². The quantitative estimate of drug-likeness (QED) is 0.711. The Morgan fingerprint density at radius 3 is 2.72 bits per heavy atom. The lowest BCUT2D eigenvalue weighted by Crippen LogP contribution is -2.42. The van der Waals surface area contributed by atoms with E-state index in [4.69, 9.17) is 14.6 Å². The summed E-state index contributed by atoms with van der Waals surface area (Å²) in [7, 11) is 0. The molecule has 136 valence electrons. The first-order valence-corrected chi connectivity index (χ1v) is 9.23. The lowest BCUT2D eigenvalue weighted by atomic mass is 9.91. The highest BCUT2D eigenvalue weighted by molar-refractivity contribution is 5.92. The molecule has 0 unspecified atom stereocenters. The lowest BCUT2D eigenvalue weighted by molar-refractivity contribution is -0.147. The Kier molecular flexibility index (Phi) is 6.48. The summed E-state index contributed by atoms with van der Waals surface area (Å²) in [6.07, 6.45) is 6.91. The van der Waals surface area contributed by atoms with Crippen molar-refractivity contribution in [1.29, 1.82) is 0 Å². The smallest absolute Gasteiger partial charge is 0.286 e. The minimum absolute atomic E-state index is 0.0972. The molecule has 1 aliphatic heterocycles. The van der Waals surface area contributed by atoms with Gasteiger partial charge in [0.1, 0.15) is 0 Å². The SMILES string of the molecule is O=C(NC1CCC1)C1=C[C@@H](c2ccccc2)C[C@@H](OCCCCO)O1. The predicted molar refractivity (Wildman–Crippen MR) is 94.8 cm³/mol. The molecular formula is C20H27NO4. The molecule has 0 spiro atoms. The van der Waals surface area contributed by atoms with Crippen LogP contribution in [0.1, 0.15) is 50.0 Å². The highest BCUT2D eigenvalue weighted by atomic mass is 16.7. The Hall–Kier alpha value is -1.85. The highest BCUT2D eigenvalue weighted by Crippen LogP contribution is 2.31. The van der Waals surface area contributed by atoms with Crippen LogP contribution in [0.3, 0.4) is 0 Å². The van der Waals surface area contributed by atoms with Crippen molar-refractivity contribution in [3.8, 4) is 0 Å². The molecule has 0 saturated heterocycles. The summed E-state index contributed by atoms with van der Waals surface area (Å²) in [6, 6.07) is 10.4. The van der Waals surface area contributed by atoms with Gasteiger partial charge in [0.2, 0.25) is 6.29 Å². The van der Waals surface area contributed by atoms with E-state index in [1.165, 1.54) is 6.42 Å². The van der Waals surface area contributed by atoms with Gasteiger partial charge in [0.05, 0.1) is 6.61 Å². The van der Waals surface area contributed by atoms with Crippen molar-refractivity contribution in [2.24, 2.45) is 0 Å².